The first-order valence-corrected chi connectivity index (χ1v) is 11.4. The summed E-state index contributed by atoms with van der Waals surface area (Å²) < 4.78 is 51.2. The minimum atomic E-state index is -3.80. The zero-order valence-corrected chi connectivity index (χ0v) is 15.7. The van der Waals surface area contributed by atoms with Gasteiger partial charge in [0.15, 0.2) is 0 Å². The number of hydrogen-bond acceptors (Lipinski definition) is 5. The Hall–Kier alpha value is -0.710. The summed E-state index contributed by atoms with van der Waals surface area (Å²) in [6, 6.07) is -1.27. The highest BCUT2D eigenvalue weighted by atomic mass is 32.2. The molecule has 0 aromatic heterocycles. The molecule has 8 nitrogen and oxygen atoms in total. The summed E-state index contributed by atoms with van der Waals surface area (Å²) in [6.07, 6.45) is 3.76. The molecular weight excluding hydrogens is 356 g/mol. The summed E-state index contributed by atoms with van der Waals surface area (Å²) in [4.78, 5) is 11.5. The molecule has 0 amide bonds. The van der Waals surface area contributed by atoms with Gasteiger partial charge in [-0.15, -0.1) is 0 Å². The zero-order valence-electron chi connectivity index (χ0n) is 14.1. The molecular formula is C14H26N2O6S2. The van der Waals surface area contributed by atoms with E-state index in [1.165, 1.54) is 18.4 Å². The highest BCUT2D eigenvalue weighted by Crippen LogP contribution is 2.41. The second-order valence-electron chi connectivity index (χ2n) is 6.80. The van der Waals surface area contributed by atoms with Gasteiger partial charge in [0.2, 0.25) is 20.0 Å². The minimum absolute atomic E-state index is 0.0386. The normalized spacial score (nSPS) is 28.9. The average Bonchev–Trinajstić information content (AvgIpc) is 2.87. The van der Waals surface area contributed by atoms with Crippen LogP contribution in [0.15, 0.2) is 0 Å². The Morgan fingerprint density at radius 3 is 2.33 bits per heavy atom. The lowest BCUT2D eigenvalue weighted by Gasteiger charge is -2.32. The molecule has 0 aromatic rings. The summed E-state index contributed by atoms with van der Waals surface area (Å²) in [5.74, 6) is -1.62. The quantitative estimate of drug-likeness (QED) is 0.678. The van der Waals surface area contributed by atoms with Crippen molar-refractivity contribution in [3.8, 4) is 0 Å². The van der Waals surface area contributed by atoms with Crippen LogP contribution in [0.2, 0.25) is 0 Å². The Kier molecular flexibility index (Phi) is 5.94. The van der Waals surface area contributed by atoms with Crippen molar-refractivity contribution >= 4 is 26.0 Å². The maximum Gasteiger partial charge on any atom is 0.322 e. The predicted octanol–water partition coefficient (Wildman–Crippen LogP) is 0.315. The van der Waals surface area contributed by atoms with Crippen molar-refractivity contribution in [2.24, 2.45) is 5.92 Å². The van der Waals surface area contributed by atoms with Gasteiger partial charge in [-0.05, 0) is 31.6 Å². The topological polar surface area (TPSA) is 112 Å². The van der Waals surface area contributed by atoms with E-state index in [9.17, 15) is 26.7 Å². The first-order chi connectivity index (χ1) is 11.1. The SMILES string of the molecule is CN(C)S(=O)(=O)CCCS(=O)(=O)N1C(C(=O)O)CC2CCCCC21. The monoisotopic (exact) mass is 382 g/mol. The van der Waals surface area contributed by atoms with Crippen LogP contribution >= 0.6 is 0 Å². The summed E-state index contributed by atoms with van der Waals surface area (Å²) in [6.45, 7) is 0. The number of rotatable bonds is 7. The number of carboxylic acid groups (broad SMARTS) is 1. The minimum Gasteiger partial charge on any atom is -0.480 e. The van der Waals surface area contributed by atoms with Gasteiger partial charge in [0.25, 0.3) is 0 Å². The van der Waals surface area contributed by atoms with Crippen LogP contribution in [0.4, 0.5) is 0 Å². The van der Waals surface area contributed by atoms with Crippen molar-refractivity contribution in [3.63, 3.8) is 0 Å². The summed E-state index contributed by atoms with van der Waals surface area (Å²) in [7, 11) is -4.47. The lowest BCUT2D eigenvalue weighted by molar-refractivity contribution is -0.141. The number of fused-ring (bicyclic) bond motifs is 1. The van der Waals surface area contributed by atoms with E-state index >= 15 is 0 Å². The van der Waals surface area contributed by atoms with Gasteiger partial charge in [0, 0.05) is 20.1 Å². The average molecular weight is 383 g/mol. The third-order valence-corrected chi connectivity index (χ3v) is 8.89. The summed E-state index contributed by atoms with van der Waals surface area (Å²) in [5.41, 5.74) is 0. The molecule has 2 aliphatic rings. The first kappa shape index (κ1) is 19.6. The van der Waals surface area contributed by atoms with Gasteiger partial charge in [-0.1, -0.05) is 12.8 Å². The van der Waals surface area contributed by atoms with Gasteiger partial charge in [0.1, 0.15) is 6.04 Å². The molecule has 1 saturated carbocycles. The second-order valence-corrected chi connectivity index (χ2v) is 11.1. The number of nitrogens with zero attached hydrogens (tertiary/aromatic N) is 2. The summed E-state index contributed by atoms with van der Waals surface area (Å²) in [5, 5.41) is 9.41. The van der Waals surface area contributed by atoms with E-state index in [1.54, 1.807) is 0 Å². The van der Waals surface area contributed by atoms with Crippen LogP contribution in [0, 0.1) is 5.92 Å². The van der Waals surface area contributed by atoms with E-state index in [0.29, 0.717) is 12.8 Å². The highest BCUT2D eigenvalue weighted by molar-refractivity contribution is 7.90. The largest absolute Gasteiger partial charge is 0.480 e. The van der Waals surface area contributed by atoms with Crippen LogP contribution in [0.5, 0.6) is 0 Å². The van der Waals surface area contributed by atoms with Crippen LogP contribution in [-0.4, -0.2) is 74.2 Å². The molecule has 0 spiro atoms. The Labute approximate surface area is 143 Å². The van der Waals surface area contributed by atoms with Gasteiger partial charge in [-0.25, -0.2) is 21.1 Å². The number of carboxylic acids is 1. The van der Waals surface area contributed by atoms with E-state index < -0.39 is 32.1 Å². The highest BCUT2D eigenvalue weighted by Gasteiger charge is 2.50. The number of sulfonamides is 2. The molecule has 0 radical (unpaired) electrons. The fourth-order valence-corrected chi connectivity index (χ4v) is 6.77. The van der Waals surface area contributed by atoms with Crippen molar-refractivity contribution in [2.75, 3.05) is 25.6 Å². The molecule has 3 unspecified atom stereocenters. The number of aliphatic carboxylic acids is 1. The van der Waals surface area contributed by atoms with Crippen LogP contribution < -0.4 is 0 Å². The maximum atomic E-state index is 12.7. The molecule has 1 aliphatic carbocycles. The number of carbonyl (C=O) groups is 1. The molecule has 0 bridgehead atoms. The molecule has 1 saturated heterocycles. The van der Waals surface area contributed by atoms with Crippen molar-refractivity contribution in [1.29, 1.82) is 0 Å². The zero-order chi connectivity index (χ0) is 18.1. The summed E-state index contributed by atoms with van der Waals surface area (Å²) >= 11 is 0. The predicted molar refractivity (Wildman–Crippen MR) is 89.5 cm³/mol. The van der Waals surface area contributed by atoms with Gasteiger partial charge in [-0.3, -0.25) is 4.79 Å². The van der Waals surface area contributed by atoms with Crippen molar-refractivity contribution in [3.05, 3.63) is 0 Å². The van der Waals surface area contributed by atoms with Gasteiger partial charge in [-0.2, -0.15) is 4.31 Å². The Bertz CT molecular complexity index is 673. The second kappa shape index (κ2) is 7.27. The molecule has 1 N–H and O–H groups in total. The third kappa shape index (κ3) is 4.09. The van der Waals surface area contributed by atoms with E-state index in [2.05, 4.69) is 0 Å². The lowest BCUT2D eigenvalue weighted by atomic mass is 9.85. The lowest BCUT2D eigenvalue weighted by Crippen LogP contribution is -2.47. The van der Waals surface area contributed by atoms with Crippen molar-refractivity contribution < 1.29 is 26.7 Å². The van der Waals surface area contributed by atoms with Gasteiger partial charge in [0.05, 0.1) is 11.5 Å². The molecule has 2 rings (SSSR count). The molecule has 1 heterocycles. The molecule has 3 atom stereocenters. The van der Waals surface area contributed by atoms with Crippen LogP contribution in [-0.2, 0) is 24.8 Å². The molecule has 24 heavy (non-hydrogen) atoms. The third-order valence-electron chi connectivity index (χ3n) is 5.00. The van der Waals surface area contributed by atoms with Gasteiger partial charge >= 0.3 is 5.97 Å². The van der Waals surface area contributed by atoms with Crippen LogP contribution in [0.3, 0.4) is 0 Å². The first-order valence-electron chi connectivity index (χ1n) is 8.20. The standard InChI is InChI=1S/C14H26N2O6S2/c1-15(2)23(19,20)8-5-9-24(21,22)16-12-7-4-3-6-11(12)10-13(16)14(17)18/h11-13H,3-10H2,1-2H3,(H,17,18). The fourth-order valence-electron chi connectivity index (χ4n) is 3.74. The Balaban J connectivity index is 2.12. The molecule has 2 fully saturated rings. The van der Waals surface area contributed by atoms with Crippen LogP contribution in [0.1, 0.15) is 38.5 Å². The Morgan fingerprint density at radius 1 is 1.12 bits per heavy atom. The molecule has 140 valence electrons. The van der Waals surface area contributed by atoms with E-state index in [0.717, 1.165) is 23.6 Å². The van der Waals surface area contributed by atoms with Gasteiger partial charge < -0.3 is 5.11 Å². The fraction of sp³-hybridized carbons (Fsp3) is 0.929. The van der Waals surface area contributed by atoms with E-state index in [-0.39, 0.29) is 29.9 Å². The molecule has 0 aromatic carbocycles. The van der Waals surface area contributed by atoms with E-state index in [4.69, 9.17) is 0 Å². The van der Waals surface area contributed by atoms with Crippen molar-refractivity contribution in [1.82, 2.24) is 8.61 Å². The molecule has 1 aliphatic heterocycles. The number of hydrogen-bond donors (Lipinski definition) is 1. The van der Waals surface area contributed by atoms with E-state index in [1.807, 2.05) is 0 Å². The van der Waals surface area contributed by atoms with Crippen molar-refractivity contribution in [2.45, 2.75) is 50.6 Å². The smallest absolute Gasteiger partial charge is 0.322 e. The maximum absolute atomic E-state index is 12.7. The molecule has 10 heteroatoms. The Morgan fingerprint density at radius 2 is 1.75 bits per heavy atom. The van der Waals surface area contributed by atoms with Crippen LogP contribution in [0.25, 0.3) is 0 Å².